The highest BCUT2D eigenvalue weighted by molar-refractivity contribution is 5.84. The van der Waals surface area contributed by atoms with Gasteiger partial charge in [0.15, 0.2) is 0 Å². The second kappa shape index (κ2) is 4.94. The molecule has 0 aromatic heterocycles. The Bertz CT molecular complexity index is 284. The molecule has 2 N–H and O–H groups in total. The number of hydrogen-bond acceptors (Lipinski definition) is 3. The van der Waals surface area contributed by atoms with Crippen LogP contribution >= 0.6 is 0 Å². The molecule has 1 aliphatic carbocycles. The Morgan fingerprint density at radius 1 is 1.53 bits per heavy atom. The molecule has 2 aliphatic rings. The van der Waals surface area contributed by atoms with E-state index in [-0.39, 0.29) is 17.4 Å². The van der Waals surface area contributed by atoms with Crippen LogP contribution in [0.25, 0.3) is 0 Å². The minimum absolute atomic E-state index is 0.183. The molecule has 2 fully saturated rings. The standard InChI is InChI=1S/C13H24N2O2/c1-10-4-7-15(8-11(10)17-2)12(16)13(9-14)5-3-6-13/h10-11H,3-9,14H2,1-2H3. The predicted molar refractivity (Wildman–Crippen MR) is 66.5 cm³/mol. The fraction of sp³-hybridized carbons (Fsp3) is 0.923. The van der Waals surface area contributed by atoms with Crippen LogP contribution in [0, 0.1) is 11.3 Å². The summed E-state index contributed by atoms with van der Waals surface area (Å²) >= 11 is 0. The van der Waals surface area contributed by atoms with Gasteiger partial charge >= 0.3 is 0 Å². The van der Waals surface area contributed by atoms with Crippen molar-refractivity contribution in [3.63, 3.8) is 0 Å². The number of amides is 1. The van der Waals surface area contributed by atoms with Crippen LogP contribution in [0.15, 0.2) is 0 Å². The van der Waals surface area contributed by atoms with E-state index in [0.29, 0.717) is 12.5 Å². The molecule has 2 unspecified atom stereocenters. The number of nitrogens with two attached hydrogens (primary N) is 1. The lowest BCUT2D eigenvalue weighted by atomic mass is 9.67. The van der Waals surface area contributed by atoms with Crippen LogP contribution in [-0.4, -0.2) is 43.7 Å². The summed E-state index contributed by atoms with van der Waals surface area (Å²) in [5, 5.41) is 0. The fourth-order valence-electron chi connectivity index (χ4n) is 2.97. The predicted octanol–water partition coefficient (Wildman–Crippen LogP) is 0.999. The Hall–Kier alpha value is -0.610. The van der Waals surface area contributed by atoms with E-state index in [1.54, 1.807) is 7.11 Å². The molecule has 4 nitrogen and oxygen atoms in total. The zero-order chi connectivity index (χ0) is 12.5. The third-order valence-electron chi connectivity index (χ3n) is 4.63. The number of hydrogen-bond donors (Lipinski definition) is 1. The first-order chi connectivity index (χ1) is 8.13. The van der Waals surface area contributed by atoms with Crippen molar-refractivity contribution >= 4 is 5.91 Å². The molecule has 0 spiro atoms. The molecule has 1 aliphatic heterocycles. The minimum Gasteiger partial charge on any atom is -0.379 e. The van der Waals surface area contributed by atoms with Crippen molar-refractivity contribution in [2.75, 3.05) is 26.7 Å². The van der Waals surface area contributed by atoms with Gasteiger partial charge in [0.05, 0.1) is 11.5 Å². The monoisotopic (exact) mass is 240 g/mol. The molecular formula is C13H24N2O2. The number of carbonyl (C=O) groups excluding carboxylic acids is 1. The van der Waals surface area contributed by atoms with E-state index >= 15 is 0 Å². The van der Waals surface area contributed by atoms with E-state index in [1.165, 1.54) is 0 Å². The summed E-state index contributed by atoms with van der Waals surface area (Å²) in [6.07, 6.45) is 4.28. The molecule has 1 saturated heterocycles. The van der Waals surface area contributed by atoms with Crippen molar-refractivity contribution in [2.24, 2.45) is 17.1 Å². The van der Waals surface area contributed by atoms with E-state index in [9.17, 15) is 4.79 Å². The first-order valence-corrected chi connectivity index (χ1v) is 6.65. The quantitative estimate of drug-likeness (QED) is 0.800. The second-order valence-corrected chi connectivity index (χ2v) is 5.63. The van der Waals surface area contributed by atoms with Crippen molar-refractivity contribution in [3.8, 4) is 0 Å². The highest BCUT2D eigenvalue weighted by Crippen LogP contribution is 2.42. The van der Waals surface area contributed by atoms with Gasteiger partial charge in [0.1, 0.15) is 0 Å². The number of nitrogens with zero attached hydrogens (tertiary/aromatic N) is 1. The molecule has 17 heavy (non-hydrogen) atoms. The molecule has 1 heterocycles. The van der Waals surface area contributed by atoms with Gasteiger partial charge in [-0.1, -0.05) is 13.3 Å². The van der Waals surface area contributed by atoms with Gasteiger partial charge < -0.3 is 15.4 Å². The molecular weight excluding hydrogens is 216 g/mol. The van der Waals surface area contributed by atoms with Crippen LogP contribution < -0.4 is 5.73 Å². The van der Waals surface area contributed by atoms with Crippen molar-refractivity contribution in [1.29, 1.82) is 0 Å². The van der Waals surface area contributed by atoms with Crippen LogP contribution in [0.2, 0.25) is 0 Å². The number of ether oxygens (including phenoxy) is 1. The van der Waals surface area contributed by atoms with Crippen LogP contribution in [0.5, 0.6) is 0 Å². The molecule has 2 rings (SSSR count). The van der Waals surface area contributed by atoms with Crippen molar-refractivity contribution in [3.05, 3.63) is 0 Å². The maximum absolute atomic E-state index is 12.5. The lowest BCUT2D eigenvalue weighted by Crippen LogP contribution is -2.56. The van der Waals surface area contributed by atoms with Gasteiger partial charge in [0.2, 0.25) is 5.91 Å². The maximum Gasteiger partial charge on any atom is 0.230 e. The van der Waals surface area contributed by atoms with Crippen molar-refractivity contribution in [1.82, 2.24) is 4.90 Å². The van der Waals surface area contributed by atoms with Gasteiger partial charge in [0, 0.05) is 26.7 Å². The fourth-order valence-corrected chi connectivity index (χ4v) is 2.97. The van der Waals surface area contributed by atoms with E-state index in [4.69, 9.17) is 10.5 Å². The topological polar surface area (TPSA) is 55.6 Å². The SMILES string of the molecule is COC1CN(C(=O)C2(CN)CCC2)CCC1C. The third kappa shape index (κ3) is 2.20. The minimum atomic E-state index is -0.237. The second-order valence-electron chi connectivity index (χ2n) is 5.63. The van der Waals surface area contributed by atoms with Crippen LogP contribution in [0.4, 0.5) is 0 Å². The van der Waals surface area contributed by atoms with E-state index < -0.39 is 0 Å². The molecule has 2 atom stereocenters. The summed E-state index contributed by atoms with van der Waals surface area (Å²) in [6, 6.07) is 0. The van der Waals surface area contributed by atoms with Crippen molar-refractivity contribution < 1.29 is 9.53 Å². The molecule has 0 aromatic carbocycles. The lowest BCUT2D eigenvalue weighted by molar-refractivity contribution is -0.151. The van der Waals surface area contributed by atoms with Gasteiger partial charge in [-0.05, 0) is 25.2 Å². The van der Waals surface area contributed by atoms with Gasteiger partial charge in [-0.3, -0.25) is 4.79 Å². The van der Waals surface area contributed by atoms with Crippen molar-refractivity contribution in [2.45, 2.75) is 38.7 Å². The van der Waals surface area contributed by atoms with Crippen LogP contribution in [0.3, 0.4) is 0 Å². The summed E-state index contributed by atoms with van der Waals surface area (Å²) < 4.78 is 5.46. The largest absolute Gasteiger partial charge is 0.379 e. The molecule has 0 aromatic rings. The Balaban J connectivity index is 2.00. The molecule has 98 valence electrons. The van der Waals surface area contributed by atoms with Gasteiger partial charge in [0.25, 0.3) is 0 Å². The number of piperidine rings is 1. The third-order valence-corrected chi connectivity index (χ3v) is 4.63. The lowest BCUT2D eigenvalue weighted by Gasteiger charge is -2.45. The molecule has 1 saturated carbocycles. The summed E-state index contributed by atoms with van der Waals surface area (Å²) in [5.41, 5.74) is 5.55. The van der Waals surface area contributed by atoms with Gasteiger partial charge in [-0.25, -0.2) is 0 Å². The Morgan fingerprint density at radius 2 is 2.24 bits per heavy atom. The smallest absolute Gasteiger partial charge is 0.230 e. The Kier molecular flexibility index (Phi) is 3.73. The Morgan fingerprint density at radius 3 is 2.71 bits per heavy atom. The molecule has 1 amide bonds. The van der Waals surface area contributed by atoms with E-state index in [0.717, 1.165) is 38.8 Å². The number of carbonyl (C=O) groups is 1. The zero-order valence-electron chi connectivity index (χ0n) is 10.9. The zero-order valence-corrected chi connectivity index (χ0v) is 10.9. The molecule has 0 radical (unpaired) electrons. The summed E-state index contributed by atoms with van der Waals surface area (Å²) in [4.78, 5) is 14.5. The summed E-state index contributed by atoms with van der Waals surface area (Å²) in [6.45, 7) is 4.29. The molecule has 0 bridgehead atoms. The van der Waals surface area contributed by atoms with Gasteiger partial charge in [-0.2, -0.15) is 0 Å². The van der Waals surface area contributed by atoms with E-state index in [1.807, 2.05) is 4.90 Å². The van der Waals surface area contributed by atoms with E-state index in [2.05, 4.69) is 6.92 Å². The van der Waals surface area contributed by atoms with Crippen LogP contribution in [0.1, 0.15) is 32.6 Å². The normalized spacial score (nSPS) is 32.1. The summed E-state index contributed by atoms with van der Waals surface area (Å²) in [7, 11) is 1.73. The first kappa shape index (κ1) is 12.8. The number of rotatable bonds is 3. The highest BCUT2D eigenvalue weighted by atomic mass is 16.5. The van der Waals surface area contributed by atoms with Gasteiger partial charge in [-0.15, -0.1) is 0 Å². The molecule has 4 heteroatoms. The summed E-state index contributed by atoms with van der Waals surface area (Å²) in [5.74, 6) is 0.805. The number of likely N-dealkylation sites (tertiary alicyclic amines) is 1. The average Bonchev–Trinajstić information content (AvgIpc) is 2.29. The average molecular weight is 240 g/mol. The number of methoxy groups -OCH3 is 1. The Labute approximate surface area is 103 Å². The highest BCUT2D eigenvalue weighted by Gasteiger charge is 2.46. The van der Waals surface area contributed by atoms with Crippen LogP contribution in [-0.2, 0) is 9.53 Å². The first-order valence-electron chi connectivity index (χ1n) is 6.65. The maximum atomic E-state index is 12.5.